The average Bonchev–Trinajstić information content (AvgIpc) is 3.08. The maximum atomic E-state index is 14.6. The summed E-state index contributed by atoms with van der Waals surface area (Å²) >= 11 is 0. The second-order valence-corrected chi connectivity index (χ2v) is 16.4. The van der Waals surface area contributed by atoms with Gasteiger partial charge in [-0.25, -0.2) is 27.2 Å². The number of halogens is 8. The summed E-state index contributed by atoms with van der Waals surface area (Å²) in [7, 11) is -3.38. The van der Waals surface area contributed by atoms with Gasteiger partial charge in [-0.1, -0.05) is 0 Å². The van der Waals surface area contributed by atoms with Crippen LogP contribution in [0, 0.1) is 11.8 Å². The minimum absolute atomic E-state index is 0.0287. The first-order valence-corrected chi connectivity index (χ1v) is 19.7. The van der Waals surface area contributed by atoms with Crippen molar-refractivity contribution in [2.75, 3.05) is 41.5 Å². The highest BCUT2D eigenvalue weighted by Crippen LogP contribution is 2.40. The van der Waals surface area contributed by atoms with E-state index in [1.165, 1.54) is 17.9 Å². The van der Waals surface area contributed by atoms with Gasteiger partial charge in [0.05, 0.1) is 35.3 Å². The van der Waals surface area contributed by atoms with E-state index in [0.717, 1.165) is 36.8 Å². The van der Waals surface area contributed by atoms with Gasteiger partial charge in [0.15, 0.2) is 15.6 Å². The Labute approximate surface area is 314 Å². The molecule has 4 rings (SSSR count). The van der Waals surface area contributed by atoms with E-state index in [9.17, 15) is 53.4 Å². The number of ether oxygens (including phenoxy) is 1. The highest BCUT2D eigenvalue weighted by molar-refractivity contribution is 7.90. The molecule has 1 N–H and O–H groups in total. The normalized spacial score (nSPS) is 17.5. The molecular formula is C37H44F8N4O5S. The number of sulfone groups is 1. The van der Waals surface area contributed by atoms with E-state index in [1.54, 1.807) is 0 Å². The molecule has 0 radical (unpaired) electrons. The second-order valence-electron chi connectivity index (χ2n) is 14.1. The first-order chi connectivity index (χ1) is 25.4. The monoisotopic (exact) mass is 808 g/mol. The Morgan fingerprint density at radius 1 is 0.909 bits per heavy atom. The summed E-state index contributed by atoms with van der Waals surface area (Å²) in [6.45, 7) is 3.80. The Hall–Kier alpha value is -4.22. The first-order valence-electron chi connectivity index (χ1n) is 17.6. The molecule has 0 aliphatic heterocycles. The summed E-state index contributed by atoms with van der Waals surface area (Å²) in [4.78, 5) is 22.9. The number of aliphatic carboxylic acids is 1. The number of rotatable bonds is 16. The topological polar surface area (TPSA) is 113 Å². The molecule has 1 fully saturated rings. The third-order valence-electron chi connectivity index (χ3n) is 9.71. The van der Waals surface area contributed by atoms with E-state index in [4.69, 9.17) is 4.74 Å². The van der Waals surface area contributed by atoms with Crippen LogP contribution in [0.5, 0.6) is 5.75 Å². The molecule has 304 valence electrons. The Morgan fingerprint density at radius 3 is 2.02 bits per heavy atom. The number of carbonyl (C=O) groups is 1. The highest BCUT2D eigenvalue weighted by Gasteiger charge is 2.37. The van der Waals surface area contributed by atoms with Crippen LogP contribution in [0.15, 0.2) is 48.8 Å². The van der Waals surface area contributed by atoms with Gasteiger partial charge < -0.3 is 19.6 Å². The van der Waals surface area contributed by atoms with Crippen molar-refractivity contribution in [3.8, 4) is 5.75 Å². The SMILES string of the molecule is CCN(C[C@H]1CC[C@H](CC(=O)O)CC1)c1ccc(C(F)(F)F)cc1CN(c1ncc(OCCS(C)(=O)=O)cn1)C(C)c1cc(C(C)(F)F)cc(C(F)(F)F)c1. The third-order valence-corrected chi connectivity index (χ3v) is 10.6. The zero-order valence-electron chi connectivity index (χ0n) is 30.7. The van der Waals surface area contributed by atoms with Crippen molar-refractivity contribution in [1.82, 2.24) is 9.97 Å². The Bertz CT molecular complexity index is 1850. The summed E-state index contributed by atoms with van der Waals surface area (Å²) in [5.41, 5.74) is -3.00. The molecule has 9 nitrogen and oxygen atoms in total. The fourth-order valence-electron chi connectivity index (χ4n) is 6.67. The highest BCUT2D eigenvalue weighted by atomic mass is 32.2. The molecule has 1 aliphatic carbocycles. The maximum absolute atomic E-state index is 14.6. The average molecular weight is 809 g/mol. The Balaban J connectivity index is 1.80. The fourth-order valence-corrected chi connectivity index (χ4v) is 7.06. The van der Waals surface area contributed by atoms with Crippen molar-refractivity contribution in [3.63, 3.8) is 0 Å². The molecule has 1 atom stereocenters. The molecule has 3 aromatic rings. The fraction of sp³-hybridized carbons (Fsp3) is 0.541. The van der Waals surface area contributed by atoms with E-state index in [-0.39, 0.29) is 53.4 Å². The van der Waals surface area contributed by atoms with E-state index in [1.807, 2.05) is 11.8 Å². The van der Waals surface area contributed by atoms with Crippen LogP contribution in [0.25, 0.3) is 0 Å². The van der Waals surface area contributed by atoms with Crippen LogP contribution in [0.1, 0.15) is 86.7 Å². The summed E-state index contributed by atoms with van der Waals surface area (Å²) in [6, 6.07) is 3.91. The van der Waals surface area contributed by atoms with Gasteiger partial charge in [0.1, 0.15) is 6.61 Å². The summed E-state index contributed by atoms with van der Waals surface area (Å²) in [6.07, 6.45) is -3.61. The quantitative estimate of drug-likeness (QED) is 0.142. The molecule has 0 saturated heterocycles. The molecule has 1 aliphatic rings. The standard InChI is InChI=1S/C37H44F8N4O5S/c1-5-48(21-25-8-6-24(7-9-25)14-33(50)51)32-11-10-28(36(40,41)42)17-27(32)22-49(34-46-19-31(20-47-34)54-12-13-55(4,52)53)23(2)26-15-29(35(3,38)39)18-30(16-26)37(43,44)45/h10-11,15-20,23-25H,5-9,12-14,21-22H2,1-4H3,(H,50,51)/t23?,24-,25-. The molecule has 18 heteroatoms. The summed E-state index contributed by atoms with van der Waals surface area (Å²) < 4.78 is 142. The van der Waals surface area contributed by atoms with Gasteiger partial charge in [0.25, 0.3) is 5.92 Å². The molecule has 2 aromatic carbocycles. The predicted octanol–water partition coefficient (Wildman–Crippen LogP) is 8.92. The molecule has 55 heavy (non-hydrogen) atoms. The Kier molecular flexibility index (Phi) is 13.7. The lowest BCUT2D eigenvalue weighted by molar-refractivity contribution is -0.139. The van der Waals surface area contributed by atoms with Gasteiger partial charge in [-0.05, 0) is 98.9 Å². The predicted molar refractivity (Wildman–Crippen MR) is 190 cm³/mol. The van der Waals surface area contributed by atoms with E-state index < -0.39 is 63.4 Å². The van der Waals surface area contributed by atoms with Crippen LogP contribution in [0.3, 0.4) is 0 Å². The number of aromatic nitrogens is 2. The maximum Gasteiger partial charge on any atom is 0.416 e. The van der Waals surface area contributed by atoms with Crippen LogP contribution in [0.2, 0.25) is 0 Å². The van der Waals surface area contributed by atoms with Crippen molar-refractivity contribution < 1.29 is 58.2 Å². The molecular weight excluding hydrogens is 764 g/mol. The molecule has 0 amide bonds. The number of benzene rings is 2. The molecule has 1 saturated carbocycles. The van der Waals surface area contributed by atoms with Gasteiger partial charge in [-0.2, -0.15) is 26.3 Å². The number of carboxylic acids is 1. The van der Waals surface area contributed by atoms with E-state index in [0.29, 0.717) is 63.5 Å². The lowest BCUT2D eigenvalue weighted by atomic mass is 9.80. The zero-order valence-corrected chi connectivity index (χ0v) is 31.5. The van der Waals surface area contributed by atoms with Crippen molar-refractivity contribution in [1.29, 1.82) is 0 Å². The van der Waals surface area contributed by atoms with Crippen LogP contribution in [-0.4, -0.2) is 61.2 Å². The van der Waals surface area contributed by atoms with Crippen LogP contribution < -0.4 is 14.5 Å². The number of nitrogens with zero attached hydrogens (tertiary/aromatic N) is 4. The van der Waals surface area contributed by atoms with E-state index >= 15 is 0 Å². The second kappa shape index (κ2) is 17.3. The minimum atomic E-state index is -5.01. The number of hydrogen-bond donors (Lipinski definition) is 1. The largest absolute Gasteiger partial charge is 0.489 e. The summed E-state index contributed by atoms with van der Waals surface area (Å²) in [5, 5.41) is 9.20. The van der Waals surface area contributed by atoms with Crippen molar-refractivity contribution in [2.24, 2.45) is 11.8 Å². The Morgan fingerprint density at radius 2 is 1.49 bits per heavy atom. The van der Waals surface area contributed by atoms with Gasteiger partial charge >= 0.3 is 18.3 Å². The van der Waals surface area contributed by atoms with E-state index in [2.05, 4.69) is 9.97 Å². The smallest absolute Gasteiger partial charge is 0.416 e. The van der Waals surface area contributed by atoms with Gasteiger partial charge in [0.2, 0.25) is 5.95 Å². The number of alkyl halides is 8. The van der Waals surface area contributed by atoms with Crippen LogP contribution in [0.4, 0.5) is 46.8 Å². The lowest BCUT2D eigenvalue weighted by Crippen LogP contribution is -2.34. The van der Waals surface area contributed by atoms with Gasteiger partial charge in [0, 0.05) is 50.5 Å². The van der Waals surface area contributed by atoms with Crippen LogP contribution >= 0.6 is 0 Å². The van der Waals surface area contributed by atoms with Crippen LogP contribution in [-0.2, 0) is 39.5 Å². The first kappa shape index (κ1) is 43.5. The molecule has 1 unspecified atom stereocenters. The zero-order chi connectivity index (χ0) is 40.9. The van der Waals surface area contributed by atoms with Gasteiger partial charge in [-0.15, -0.1) is 0 Å². The van der Waals surface area contributed by atoms with Gasteiger partial charge in [-0.3, -0.25) is 4.79 Å². The minimum Gasteiger partial charge on any atom is -0.489 e. The lowest BCUT2D eigenvalue weighted by Gasteiger charge is -2.36. The van der Waals surface area contributed by atoms with Crippen molar-refractivity contribution >= 4 is 27.4 Å². The number of carboxylic acid groups (broad SMARTS) is 1. The molecule has 0 spiro atoms. The molecule has 1 aromatic heterocycles. The number of hydrogen-bond acceptors (Lipinski definition) is 8. The van der Waals surface area contributed by atoms with Crippen molar-refractivity contribution in [2.45, 2.75) is 83.7 Å². The number of anilines is 2. The van der Waals surface area contributed by atoms with Crippen molar-refractivity contribution in [3.05, 3.63) is 76.6 Å². The summed E-state index contributed by atoms with van der Waals surface area (Å²) in [5.74, 6) is -4.91. The third kappa shape index (κ3) is 12.4. The molecule has 1 heterocycles. The molecule has 0 bridgehead atoms.